The van der Waals surface area contributed by atoms with Gasteiger partial charge in [0.2, 0.25) is 0 Å². The maximum absolute atomic E-state index is 4.49. The summed E-state index contributed by atoms with van der Waals surface area (Å²) in [6.07, 6.45) is 1.90. The molecule has 1 aromatic heterocycles. The molecule has 4 heteroatoms. The van der Waals surface area contributed by atoms with Crippen molar-refractivity contribution in [3.05, 3.63) is 24.0 Å². The molecule has 0 amide bonds. The molecule has 2 rings (SSSR count). The van der Waals surface area contributed by atoms with Crippen molar-refractivity contribution < 1.29 is 0 Å². The average molecular weight is 262 g/mol. The highest BCUT2D eigenvalue weighted by Gasteiger charge is 2.26. The predicted molar refractivity (Wildman–Crippen MR) is 80.4 cm³/mol. The van der Waals surface area contributed by atoms with Gasteiger partial charge in [-0.1, -0.05) is 0 Å². The molecule has 19 heavy (non-hydrogen) atoms. The van der Waals surface area contributed by atoms with E-state index in [1.54, 1.807) is 0 Å². The van der Waals surface area contributed by atoms with E-state index in [1.807, 2.05) is 12.3 Å². The highest BCUT2D eigenvalue weighted by atomic mass is 15.3. The fourth-order valence-electron chi connectivity index (χ4n) is 2.75. The first-order valence-corrected chi connectivity index (χ1v) is 7.23. The first kappa shape index (κ1) is 14.3. The maximum atomic E-state index is 4.49. The van der Waals surface area contributed by atoms with E-state index in [4.69, 9.17) is 0 Å². The summed E-state index contributed by atoms with van der Waals surface area (Å²) in [5, 5.41) is 3.34. The Kier molecular flexibility index (Phi) is 4.77. The molecule has 2 atom stereocenters. The highest BCUT2D eigenvalue weighted by molar-refractivity contribution is 5.42. The molecule has 0 aromatic carbocycles. The molecule has 2 heterocycles. The average Bonchev–Trinajstić information content (AvgIpc) is 2.37. The Labute approximate surface area is 116 Å². The number of aromatic nitrogens is 1. The quantitative estimate of drug-likeness (QED) is 0.900. The van der Waals surface area contributed by atoms with Crippen LogP contribution in [-0.2, 0) is 6.54 Å². The molecule has 0 spiro atoms. The van der Waals surface area contributed by atoms with Crippen LogP contribution >= 0.6 is 0 Å². The van der Waals surface area contributed by atoms with E-state index in [9.17, 15) is 0 Å². The Bertz CT molecular complexity index is 395. The Morgan fingerprint density at radius 2 is 2.00 bits per heavy atom. The van der Waals surface area contributed by atoms with Gasteiger partial charge in [0.1, 0.15) is 0 Å². The summed E-state index contributed by atoms with van der Waals surface area (Å²) in [4.78, 5) is 9.45. The summed E-state index contributed by atoms with van der Waals surface area (Å²) in [5.74, 6) is 0. The Hall–Kier alpha value is -1.13. The lowest BCUT2D eigenvalue weighted by Crippen LogP contribution is -2.54. The minimum atomic E-state index is 0.612. The Morgan fingerprint density at radius 3 is 2.63 bits per heavy atom. The van der Waals surface area contributed by atoms with Gasteiger partial charge < -0.3 is 5.32 Å². The van der Waals surface area contributed by atoms with Gasteiger partial charge in [0.25, 0.3) is 0 Å². The smallest absolute Gasteiger partial charge is 0.0564 e. The van der Waals surface area contributed by atoms with E-state index in [-0.39, 0.29) is 0 Å². The molecular weight excluding hydrogens is 236 g/mol. The standard InChI is InChI=1S/C15H26N4/c1-5-16-14-6-7-17-15(8-14)11-19-9-12(2)18(4)13(3)10-19/h6-8,12-13H,5,9-11H2,1-4H3,(H,16,17). The fraction of sp³-hybridized carbons (Fsp3) is 0.667. The van der Waals surface area contributed by atoms with Crippen molar-refractivity contribution in [3.8, 4) is 0 Å². The molecule has 0 bridgehead atoms. The van der Waals surface area contributed by atoms with E-state index in [0.717, 1.165) is 31.9 Å². The molecule has 1 N–H and O–H groups in total. The van der Waals surface area contributed by atoms with E-state index in [2.05, 4.69) is 54.0 Å². The molecule has 1 aliphatic rings. The molecule has 1 saturated heterocycles. The van der Waals surface area contributed by atoms with Crippen molar-refractivity contribution >= 4 is 5.69 Å². The summed E-state index contributed by atoms with van der Waals surface area (Å²) in [5.41, 5.74) is 2.32. The van der Waals surface area contributed by atoms with Crippen LogP contribution in [0.15, 0.2) is 18.3 Å². The second-order valence-corrected chi connectivity index (χ2v) is 5.62. The molecule has 2 unspecified atom stereocenters. The van der Waals surface area contributed by atoms with Crippen LogP contribution in [0.3, 0.4) is 0 Å². The van der Waals surface area contributed by atoms with Gasteiger partial charge in [0.15, 0.2) is 0 Å². The third-order valence-corrected chi connectivity index (χ3v) is 4.02. The van der Waals surface area contributed by atoms with Crippen LogP contribution in [0.5, 0.6) is 0 Å². The number of pyridine rings is 1. The second kappa shape index (κ2) is 6.35. The van der Waals surface area contributed by atoms with Crippen molar-refractivity contribution in [3.63, 3.8) is 0 Å². The van der Waals surface area contributed by atoms with Gasteiger partial charge in [-0.15, -0.1) is 0 Å². The summed E-state index contributed by atoms with van der Waals surface area (Å²) < 4.78 is 0. The van der Waals surface area contributed by atoms with E-state index < -0.39 is 0 Å². The Balaban J connectivity index is 1.99. The molecule has 4 nitrogen and oxygen atoms in total. The number of rotatable bonds is 4. The first-order chi connectivity index (χ1) is 9.10. The van der Waals surface area contributed by atoms with Crippen LogP contribution in [0.4, 0.5) is 5.69 Å². The summed E-state index contributed by atoms with van der Waals surface area (Å²) in [6.45, 7) is 10.8. The molecule has 1 fully saturated rings. The third kappa shape index (κ3) is 3.67. The zero-order chi connectivity index (χ0) is 13.8. The summed E-state index contributed by atoms with van der Waals surface area (Å²) >= 11 is 0. The molecule has 0 aliphatic carbocycles. The molecule has 0 radical (unpaired) electrons. The van der Waals surface area contributed by atoms with Gasteiger partial charge in [0, 0.05) is 50.1 Å². The lowest BCUT2D eigenvalue weighted by Gasteiger charge is -2.42. The molecule has 106 valence electrons. The van der Waals surface area contributed by atoms with Crippen molar-refractivity contribution in [2.75, 3.05) is 32.0 Å². The van der Waals surface area contributed by atoms with Crippen LogP contribution in [0.1, 0.15) is 26.5 Å². The van der Waals surface area contributed by atoms with Gasteiger partial charge in [-0.05, 0) is 40.0 Å². The highest BCUT2D eigenvalue weighted by Crippen LogP contribution is 2.16. The number of hydrogen-bond acceptors (Lipinski definition) is 4. The monoisotopic (exact) mass is 262 g/mol. The number of likely N-dealkylation sites (N-methyl/N-ethyl adjacent to an activating group) is 1. The molecule has 0 saturated carbocycles. The van der Waals surface area contributed by atoms with Crippen LogP contribution in [-0.4, -0.2) is 53.5 Å². The SMILES string of the molecule is CCNc1ccnc(CN2CC(C)N(C)C(C)C2)c1. The van der Waals surface area contributed by atoms with E-state index in [0.29, 0.717) is 12.1 Å². The number of piperazine rings is 1. The fourth-order valence-corrected chi connectivity index (χ4v) is 2.75. The minimum absolute atomic E-state index is 0.612. The Morgan fingerprint density at radius 1 is 1.32 bits per heavy atom. The van der Waals surface area contributed by atoms with Gasteiger partial charge in [0.05, 0.1) is 5.69 Å². The van der Waals surface area contributed by atoms with E-state index >= 15 is 0 Å². The zero-order valence-corrected chi connectivity index (χ0v) is 12.6. The lowest BCUT2D eigenvalue weighted by atomic mass is 10.1. The topological polar surface area (TPSA) is 31.4 Å². The largest absolute Gasteiger partial charge is 0.385 e. The third-order valence-electron chi connectivity index (χ3n) is 4.02. The minimum Gasteiger partial charge on any atom is -0.385 e. The van der Waals surface area contributed by atoms with Crippen molar-refractivity contribution in [2.45, 2.75) is 39.4 Å². The summed E-state index contributed by atoms with van der Waals surface area (Å²) in [6, 6.07) is 5.42. The maximum Gasteiger partial charge on any atom is 0.0564 e. The second-order valence-electron chi connectivity index (χ2n) is 5.62. The van der Waals surface area contributed by atoms with Gasteiger partial charge in [-0.2, -0.15) is 0 Å². The molecule has 1 aliphatic heterocycles. The molecule has 1 aromatic rings. The van der Waals surface area contributed by atoms with Gasteiger partial charge >= 0.3 is 0 Å². The first-order valence-electron chi connectivity index (χ1n) is 7.23. The zero-order valence-electron chi connectivity index (χ0n) is 12.6. The summed E-state index contributed by atoms with van der Waals surface area (Å²) in [7, 11) is 2.22. The van der Waals surface area contributed by atoms with Crippen LogP contribution in [0.2, 0.25) is 0 Å². The predicted octanol–water partition coefficient (Wildman–Crippen LogP) is 2.04. The van der Waals surface area contributed by atoms with Crippen LogP contribution < -0.4 is 5.32 Å². The number of hydrogen-bond donors (Lipinski definition) is 1. The van der Waals surface area contributed by atoms with Gasteiger partial charge in [-0.25, -0.2) is 0 Å². The van der Waals surface area contributed by atoms with Crippen molar-refractivity contribution in [1.29, 1.82) is 0 Å². The van der Waals surface area contributed by atoms with Crippen molar-refractivity contribution in [1.82, 2.24) is 14.8 Å². The number of anilines is 1. The normalized spacial score (nSPS) is 25.5. The van der Waals surface area contributed by atoms with Crippen LogP contribution in [0.25, 0.3) is 0 Å². The van der Waals surface area contributed by atoms with Crippen LogP contribution in [0, 0.1) is 0 Å². The van der Waals surface area contributed by atoms with E-state index in [1.165, 1.54) is 5.69 Å². The molecular formula is C15H26N4. The number of nitrogens with zero attached hydrogens (tertiary/aromatic N) is 3. The van der Waals surface area contributed by atoms with Gasteiger partial charge in [-0.3, -0.25) is 14.8 Å². The number of nitrogens with one attached hydrogen (secondary N) is 1. The lowest BCUT2D eigenvalue weighted by molar-refractivity contribution is 0.0549. The van der Waals surface area contributed by atoms with Crippen molar-refractivity contribution in [2.24, 2.45) is 0 Å².